The maximum atomic E-state index is 13.0. The Labute approximate surface area is 190 Å². The summed E-state index contributed by atoms with van der Waals surface area (Å²) in [7, 11) is -2.35. The van der Waals surface area contributed by atoms with Crippen LogP contribution in [0.4, 0.5) is 5.69 Å². The Bertz CT molecular complexity index is 1320. The van der Waals surface area contributed by atoms with Gasteiger partial charge in [-0.2, -0.15) is 0 Å². The van der Waals surface area contributed by atoms with Crippen molar-refractivity contribution in [3.63, 3.8) is 0 Å². The Hall–Kier alpha value is -3.49. The van der Waals surface area contributed by atoms with Crippen LogP contribution < -0.4 is 4.31 Å². The molecule has 0 bridgehead atoms. The topological polar surface area (TPSA) is 76.6 Å². The second kappa shape index (κ2) is 9.33. The molecular formula is C24H20N2O4S2. The Morgan fingerprint density at radius 1 is 0.969 bits per heavy atom. The van der Waals surface area contributed by atoms with Crippen molar-refractivity contribution in [1.29, 1.82) is 0 Å². The number of hydrogen-bond acceptors (Lipinski definition) is 6. The smallest absolute Gasteiger partial charge is 0.338 e. The minimum Gasteiger partial charge on any atom is -0.456 e. The molecule has 0 amide bonds. The molecule has 6 nitrogen and oxygen atoms in total. The second-order valence-corrected chi connectivity index (χ2v) is 9.75. The summed E-state index contributed by atoms with van der Waals surface area (Å²) in [6, 6.07) is 24.3. The quantitative estimate of drug-likeness (QED) is 0.360. The molecule has 1 aromatic heterocycles. The van der Waals surface area contributed by atoms with Crippen molar-refractivity contribution in [2.24, 2.45) is 0 Å². The predicted molar refractivity (Wildman–Crippen MR) is 125 cm³/mol. The number of benzene rings is 3. The van der Waals surface area contributed by atoms with Crippen LogP contribution in [0.1, 0.15) is 16.1 Å². The highest BCUT2D eigenvalue weighted by atomic mass is 32.2. The Morgan fingerprint density at radius 3 is 2.38 bits per heavy atom. The standard InChI is InChI=1S/C24H20N2O4S2/c1-26(21-12-6-3-7-13-21)32(28,29)22-14-8-11-19(15-22)24(27)30-16-20-17-31-23(25-20)18-9-4-2-5-10-18/h2-15,17H,16H2,1H3. The number of esters is 1. The number of carbonyl (C=O) groups excluding carboxylic acids is 1. The lowest BCUT2D eigenvalue weighted by Crippen LogP contribution is -2.26. The number of rotatable bonds is 7. The highest BCUT2D eigenvalue weighted by Crippen LogP contribution is 2.25. The molecule has 0 radical (unpaired) electrons. The monoisotopic (exact) mass is 464 g/mol. The Balaban J connectivity index is 1.46. The summed E-state index contributed by atoms with van der Waals surface area (Å²) in [5.41, 5.74) is 2.31. The zero-order valence-electron chi connectivity index (χ0n) is 17.2. The SMILES string of the molecule is CN(c1ccccc1)S(=O)(=O)c1cccc(C(=O)OCc2csc(-c3ccccc3)n2)c1. The number of anilines is 1. The van der Waals surface area contributed by atoms with E-state index in [9.17, 15) is 13.2 Å². The van der Waals surface area contributed by atoms with Crippen LogP contribution in [-0.2, 0) is 21.4 Å². The van der Waals surface area contributed by atoms with Gasteiger partial charge in [0.2, 0.25) is 0 Å². The lowest BCUT2D eigenvalue weighted by atomic mass is 10.2. The normalized spacial score (nSPS) is 11.2. The molecule has 0 saturated carbocycles. The van der Waals surface area contributed by atoms with Crippen LogP contribution in [0.15, 0.2) is 95.2 Å². The van der Waals surface area contributed by atoms with Gasteiger partial charge in [0.25, 0.3) is 10.0 Å². The summed E-state index contributed by atoms with van der Waals surface area (Å²) in [5.74, 6) is -0.612. The summed E-state index contributed by atoms with van der Waals surface area (Å²) >= 11 is 1.47. The van der Waals surface area contributed by atoms with E-state index >= 15 is 0 Å². The van der Waals surface area contributed by atoms with E-state index in [4.69, 9.17) is 4.74 Å². The number of ether oxygens (including phenoxy) is 1. The third kappa shape index (κ3) is 4.71. The van der Waals surface area contributed by atoms with Gasteiger partial charge in [-0.25, -0.2) is 18.2 Å². The highest BCUT2D eigenvalue weighted by Gasteiger charge is 2.22. The van der Waals surface area contributed by atoms with Crippen molar-refractivity contribution < 1.29 is 17.9 Å². The van der Waals surface area contributed by atoms with Gasteiger partial charge in [0.05, 0.1) is 21.8 Å². The van der Waals surface area contributed by atoms with Gasteiger partial charge in [-0.05, 0) is 30.3 Å². The van der Waals surface area contributed by atoms with E-state index in [1.807, 2.05) is 41.8 Å². The Kier molecular flexibility index (Phi) is 6.34. The van der Waals surface area contributed by atoms with Crippen molar-refractivity contribution in [1.82, 2.24) is 4.98 Å². The number of carbonyl (C=O) groups is 1. The van der Waals surface area contributed by atoms with Crippen molar-refractivity contribution >= 4 is 33.0 Å². The molecule has 4 rings (SSSR count). The molecule has 4 aromatic rings. The molecule has 8 heteroatoms. The van der Waals surface area contributed by atoms with Crippen molar-refractivity contribution in [3.05, 3.63) is 102 Å². The van der Waals surface area contributed by atoms with E-state index in [0.717, 1.165) is 10.6 Å². The first kappa shape index (κ1) is 21.7. The van der Waals surface area contributed by atoms with Gasteiger partial charge in [-0.3, -0.25) is 4.31 Å². The number of nitrogens with zero attached hydrogens (tertiary/aromatic N) is 2. The molecule has 162 valence electrons. The largest absolute Gasteiger partial charge is 0.456 e. The van der Waals surface area contributed by atoms with E-state index in [1.165, 1.54) is 47.0 Å². The number of aromatic nitrogens is 1. The minimum absolute atomic E-state index is 0.00304. The van der Waals surface area contributed by atoms with Crippen LogP contribution in [-0.4, -0.2) is 26.4 Å². The fourth-order valence-corrected chi connectivity index (χ4v) is 5.08. The average molecular weight is 465 g/mol. The lowest BCUT2D eigenvalue weighted by Gasteiger charge is -2.19. The molecule has 0 aliphatic carbocycles. The van der Waals surface area contributed by atoms with Crippen molar-refractivity contribution in [2.75, 3.05) is 11.4 Å². The molecular weight excluding hydrogens is 444 g/mol. The minimum atomic E-state index is -3.83. The zero-order chi connectivity index (χ0) is 22.6. The zero-order valence-corrected chi connectivity index (χ0v) is 18.8. The predicted octanol–water partition coefficient (Wildman–Crippen LogP) is 4.99. The molecule has 32 heavy (non-hydrogen) atoms. The van der Waals surface area contributed by atoms with Gasteiger partial charge >= 0.3 is 5.97 Å². The van der Waals surface area contributed by atoms with Crippen LogP contribution in [0.25, 0.3) is 10.6 Å². The van der Waals surface area contributed by atoms with E-state index in [0.29, 0.717) is 11.4 Å². The van der Waals surface area contributed by atoms with Crippen LogP contribution in [0, 0.1) is 0 Å². The van der Waals surface area contributed by atoms with Gasteiger partial charge in [0.1, 0.15) is 11.6 Å². The molecule has 0 aliphatic heterocycles. The molecule has 0 atom stereocenters. The highest BCUT2D eigenvalue weighted by molar-refractivity contribution is 7.92. The maximum Gasteiger partial charge on any atom is 0.338 e. The molecule has 0 spiro atoms. The summed E-state index contributed by atoms with van der Waals surface area (Å²) < 4.78 is 32.5. The summed E-state index contributed by atoms with van der Waals surface area (Å²) in [6.45, 7) is 0.00304. The molecule has 0 saturated heterocycles. The average Bonchev–Trinajstić information content (AvgIpc) is 3.32. The number of para-hydroxylation sites is 1. The first-order valence-electron chi connectivity index (χ1n) is 9.76. The van der Waals surface area contributed by atoms with Crippen molar-refractivity contribution in [2.45, 2.75) is 11.5 Å². The first-order chi connectivity index (χ1) is 15.4. The second-order valence-electron chi connectivity index (χ2n) is 6.92. The molecule has 0 unspecified atom stereocenters. The summed E-state index contributed by atoms with van der Waals surface area (Å²) in [6.07, 6.45) is 0. The molecule has 1 heterocycles. The third-order valence-corrected chi connectivity index (χ3v) is 7.49. The number of thiazole rings is 1. The van der Waals surface area contributed by atoms with Gasteiger partial charge < -0.3 is 4.74 Å². The van der Waals surface area contributed by atoms with E-state index in [-0.39, 0.29) is 17.1 Å². The molecule has 0 fully saturated rings. The molecule has 3 aromatic carbocycles. The lowest BCUT2D eigenvalue weighted by molar-refractivity contribution is 0.0468. The van der Waals surface area contributed by atoms with Crippen LogP contribution >= 0.6 is 11.3 Å². The summed E-state index contributed by atoms with van der Waals surface area (Å²) in [4.78, 5) is 17.1. The van der Waals surface area contributed by atoms with Crippen LogP contribution in [0.2, 0.25) is 0 Å². The van der Waals surface area contributed by atoms with E-state index in [1.54, 1.807) is 24.3 Å². The fourth-order valence-electron chi connectivity index (χ4n) is 3.03. The van der Waals surface area contributed by atoms with E-state index in [2.05, 4.69) is 4.98 Å². The molecule has 0 N–H and O–H groups in total. The fraction of sp³-hybridized carbons (Fsp3) is 0.0833. The maximum absolute atomic E-state index is 13.0. The van der Waals surface area contributed by atoms with Crippen LogP contribution in [0.3, 0.4) is 0 Å². The molecule has 0 aliphatic rings. The van der Waals surface area contributed by atoms with Gasteiger partial charge in [-0.1, -0.05) is 54.6 Å². The summed E-state index contributed by atoms with van der Waals surface area (Å²) in [5, 5.41) is 2.68. The van der Waals surface area contributed by atoms with Gasteiger partial charge in [0, 0.05) is 18.0 Å². The van der Waals surface area contributed by atoms with Gasteiger partial charge in [-0.15, -0.1) is 11.3 Å². The van der Waals surface area contributed by atoms with Crippen molar-refractivity contribution in [3.8, 4) is 10.6 Å². The van der Waals surface area contributed by atoms with E-state index < -0.39 is 16.0 Å². The van der Waals surface area contributed by atoms with Gasteiger partial charge in [0.15, 0.2) is 0 Å². The van der Waals surface area contributed by atoms with Crippen LogP contribution in [0.5, 0.6) is 0 Å². The Morgan fingerprint density at radius 2 is 1.66 bits per heavy atom. The number of sulfonamides is 1. The third-order valence-electron chi connectivity index (χ3n) is 4.77. The first-order valence-corrected chi connectivity index (χ1v) is 12.1. The number of hydrogen-bond donors (Lipinski definition) is 0.